The van der Waals surface area contributed by atoms with E-state index in [-0.39, 0.29) is 31.6 Å². The average Bonchev–Trinajstić information content (AvgIpc) is 3.10. The summed E-state index contributed by atoms with van der Waals surface area (Å²) in [4.78, 5) is 37.7. The Balaban J connectivity index is 1.67. The predicted molar refractivity (Wildman–Crippen MR) is 118 cm³/mol. The van der Waals surface area contributed by atoms with Crippen molar-refractivity contribution in [3.63, 3.8) is 0 Å². The molecular formula is C24H28N2O6. The maximum absolute atomic E-state index is 12.7. The molecule has 2 atom stereocenters. The Morgan fingerprint density at radius 3 is 2.16 bits per heavy atom. The standard InChI is InChI=1S/C24H28N2O6/c1-15(13-27)12-26(2)23(30)21(11-22(28)29)25-24(31)32-14-20-18-9-5-3-7-16(18)17-8-4-6-10-19(17)20/h3-10,15,20-21,27H,11-14H2,1-2H3,(H,25,31)(H,28,29). The van der Waals surface area contributed by atoms with Crippen molar-refractivity contribution in [2.24, 2.45) is 5.92 Å². The van der Waals surface area contributed by atoms with Gasteiger partial charge in [0.2, 0.25) is 5.91 Å². The molecule has 8 heteroatoms. The lowest BCUT2D eigenvalue weighted by Gasteiger charge is -2.25. The largest absolute Gasteiger partial charge is 0.481 e. The zero-order valence-electron chi connectivity index (χ0n) is 18.2. The van der Waals surface area contributed by atoms with E-state index in [0.29, 0.717) is 0 Å². The fourth-order valence-electron chi connectivity index (χ4n) is 4.04. The number of alkyl carbamates (subject to hydrolysis) is 1. The normalized spacial score (nSPS) is 14.1. The number of carboxylic acid groups (broad SMARTS) is 1. The van der Waals surface area contributed by atoms with Crippen molar-refractivity contribution in [2.75, 3.05) is 26.8 Å². The molecule has 1 aliphatic carbocycles. The summed E-state index contributed by atoms with van der Waals surface area (Å²) in [5.74, 6) is -2.09. The van der Waals surface area contributed by atoms with Gasteiger partial charge in [0.25, 0.3) is 0 Å². The molecule has 2 unspecified atom stereocenters. The van der Waals surface area contributed by atoms with Gasteiger partial charge in [-0.15, -0.1) is 0 Å². The Hall–Kier alpha value is -3.39. The molecule has 0 spiro atoms. The number of hydrogen-bond acceptors (Lipinski definition) is 5. The van der Waals surface area contributed by atoms with E-state index >= 15 is 0 Å². The first kappa shape index (κ1) is 23.3. The molecule has 8 nitrogen and oxygen atoms in total. The van der Waals surface area contributed by atoms with Gasteiger partial charge in [0, 0.05) is 26.1 Å². The van der Waals surface area contributed by atoms with Gasteiger partial charge in [0.05, 0.1) is 6.42 Å². The molecule has 3 N–H and O–H groups in total. The van der Waals surface area contributed by atoms with Crippen molar-refractivity contribution in [1.29, 1.82) is 0 Å². The molecule has 0 aromatic heterocycles. The highest BCUT2D eigenvalue weighted by Gasteiger charge is 2.31. The van der Waals surface area contributed by atoms with Crippen LogP contribution in [0, 0.1) is 5.92 Å². The summed E-state index contributed by atoms with van der Waals surface area (Å²) < 4.78 is 5.43. The second kappa shape index (κ2) is 10.3. The van der Waals surface area contributed by atoms with Crippen molar-refractivity contribution in [1.82, 2.24) is 10.2 Å². The van der Waals surface area contributed by atoms with Crippen molar-refractivity contribution < 1.29 is 29.3 Å². The van der Waals surface area contributed by atoms with Crippen LogP contribution in [0.15, 0.2) is 48.5 Å². The highest BCUT2D eigenvalue weighted by Crippen LogP contribution is 2.44. The lowest BCUT2D eigenvalue weighted by Crippen LogP contribution is -2.49. The fourth-order valence-corrected chi connectivity index (χ4v) is 4.04. The first-order valence-electron chi connectivity index (χ1n) is 10.5. The van der Waals surface area contributed by atoms with Gasteiger partial charge in [0.15, 0.2) is 0 Å². The highest BCUT2D eigenvalue weighted by molar-refractivity contribution is 5.89. The minimum absolute atomic E-state index is 0.0607. The van der Waals surface area contributed by atoms with Crippen LogP contribution in [0.1, 0.15) is 30.4 Å². The Morgan fingerprint density at radius 1 is 1.06 bits per heavy atom. The van der Waals surface area contributed by atoms with E-state index in [1.54, 1.807) is 6.92 Å². The van der Waals surface area contributed by atoms with Crippen LogP contribution in [-0.2, 0) is 14.3 Å². The maximum Gasteiger partial charge on any atom is 0.407 e. The molecule has 0 saturated heterocycles. The van der Waals surface area contributed by atoms with E-state index in [9.17, 15) is 24.6 Å². The van der Waals surface area contributed by atoms with Gasteiger partial charge in [-0.3, -0.25) is 9.59 Å². The number of carbonyl (C=O) groups excluding carboxylic acids is 2. The van der Waals surface area contributed by atoms with E-state index in [0.717, 1.165) is 22.3 Å². The molecule has 0 fully saturated rings. The van der Waals surface area contributed by atoms with Gasteiger partial charge in [-0.2, -0.15) is 0 Å². The van der Waals surface area contributed by atoms with Crippen molar-refractivity contribution in [2.45, 2.75) is 25.3 Å². The number of ether oxygens (including phenoxy) is 1. The van der Waals surface area contributed by atoms with Crippen molar-refractivity contribution in [3.8, 4) is 11.1 Å². The number of likely N-dealkylation sites (N-methyl/N-ethyl adjacent to an activating group) is 1. The van der Waals surface area contributed by atoms with Crippen LogP contribution in [0.25, 0.3) is 11.1 Å². The molecule has 1 aliphatic rings. The minimum atomic E-state index is -1.26. The fraction of sp³-hybridized carbons (Fsp3) is 0.375. The maximum atomic E-state index is 12.7. The van der Waals surface area contributed by atoms with Crippen LogP contribution < -0.4 is 5.32 Å². The number of nitrogens with zero attached hydrogens (tertiary/aromatic N) is 1. The number of aliphatic hydroxyl groups excluding tert-OH is 1. The minimum Gasteiger partial charge on any atom is -0.481 e. The number of hydrogen-bond donors (Lipinski definition) is 3. The van der Waals surface area contributed by atoms with E-state index in [4.69, 9.17) is 4.74 Å². The number of amides is 2. The Bertz CT molecular complexity index is 946. The van der Waals surface area contributed by atoms with Gasteiger partial charge in [0.1, 0.15) is 12.6 Å². The van der Waals surface area contributed by atoms with Gasteiger partial charge >= 0.3 is 12.1 Å². The van der Waals surface area contributed by atoms with Gasteiger partial charge in [-0.1, -0.05) is 55.5 Å². The van der Waals surface area contributed by atoms with E-state index in [1.807, 2.05) is 48.5 Å². The topological polar surface area (TPSA) is 116 Å². The molecule has 32 heavy (non-hydrogen) atoms. The zero-order valence-corrected chi connectivity index (χ0v) is 18.2. The predicted octanol–water partition coefficient (Wildman–Crippen LogP) is 2.46. The number of carbonyl (C=O) groups is 3. The zero-order chi connectivity index (χ0) is 23.3. The summed E-state index contributed by atoms with van der Waals surface area (Å²) in [6, 6.07) is 14.6. The van der Waals surface area contributed by atoms with Crippen LogP contribution in [0.3, 0.4) is 0 Å². The molecule has 0 bridgehead atoms. The second-order valence-electron chi connectivity index (χ2n) is 8.13. The molecule has 0 aliphatic heterocycles. The van der Waals surface area contributed by atoms with Crippen LogP contribution in [0.2, 0.25) is 0 Å². The monoisotopic (exact) mass is 440 g/mol. The van der Waals surface area contributed by atoms with Crippen LogP contribution in [-0.4, -0.2) is 65.9 Å². The lowest BCUT2D eigenvalue weighted by atomic mass is 9.98. The third kappa shape index (κ3) is 5.26. The number of aliphatic hydroxyl groups is 1. The summed E-state index contributed by atoms with van der Waals surface area (Å²) in [6.45, 7) is 1.94. The molecule has 170 valence electrons. The van der Waals surface area contributed by atoms with Crippen LogP contribution >= 0.6 is 0 Å². The van der Waals surface area contributed by atoms with E-state index in [2.05, 4.69) is 5.32 Å². The number of rotatable bonds is 9. The van der Waals surface area contributed by atoms with Gasteiger partial charge < -0.3 is 25.2 Å². The third-order valence-corrected chi connectivity index (χ3v) is 5.59. The average molecular weight is 440 g/mol. The van der Waals surface area contributed by atoms with Crippen molar-refractivity contribution >= 4 is 18.0 Å². The van der Waals surface area contributed by atoms with E-state index < -0.39 is 30.4 Å². The number of aliphatic carboxylic acids is 1. The smallest absolute Gasteiger partial charge is 0.407 e. The lowest BCUT2D eigenvalue weighted by molar-refractivity contribution is -0.142. The first-order chi connectivity index (χ1) is 15.3. The second-order valence-corrected chi connectivity index (χ2v) is 8.13. The number of nitrogens with one attached hydrogen (secondary N) is 1. The molecule has 0 radical (unpaired) electrons. The Labute approximate surface area is 186 Å². The molecule has 2 aromatic carbocycles. The summed E-state index contributed by atoms with van der Waals surface area (Å²) in [6.07, 6.45) is -1.42. The molecule has 2 amide bonds. The number of carboxylic acids is 1. The SMILES string of the molecule is CC(CO)CN(C)C(=O)C(CC(=O)O)NC(=O)OCC1c2ccccc2-c2ccccc21. The summed E-state index contributed by atoms with van der Waals surface area (Å²) in [5.41, 5.74) is 4.29. The first-order valence-corrected chi connectivity index (χ1v) is 10.5. The van der Waals surface area contributed by atoms with Crippen molar-refractivity contribution in [3.05, 3.63) is 59.7 Å². The highest BCUT2D eigenvalue weighted by atomic mass is 16.5. The Morgan fingerprint density at radius 2 is 1.62 bits per heavy atom. The molecular weight excluding hydrogens is 412 g/mol. The Kier molecular flexibility index (Phi) is 7.48. The number of fused-ring (bicyclic) bond motifs is 3. The molecule has 2 aromatic rings. The quantitative estimate of drug-likeness (QED) is 0.552. The summed E-state index contributed by atoms with van der Waals surface area (Å²) >= 11 is 0. The molecule has 3 rings (SSSR count). The summed E-state index contributed by atoms with van der Waals surface area (Å²) in [5, 5.41) is 20.8. The van der Waals surface area contributed by atoms with Gasteiger partial charge in [-0.05, 0) is 28.2 Å². The molecule has 0 saturated carbocycles. The van der Waals surface area contributed by atoms with Crippen LogP contribution in [0.5, 0.6) is 0 Å². The molecule has 0 heterocycles. The summed E-state index contributed by atoms with van der Waals surface area (Å²) in [7, 11) is 1.50. The number of benzene rings is 2. The van der Waals surface area contributed by atoms with E-state index in [1.165, 1.54) is 11.9 Å². The third-order valence-electron chi connectivity index (χ3n) is 5.59. The van der Waals surface area contributed by atoms with Gasteiger partial charge in [-0.25, -0.2) is 4.79 Å². The van der Waals surface area contributed by atoms with Crippen LogP contribution in [0.4, 0.5) is 4.79 Å².